The van der Waals surface area contributed by atoms with Gasteiger partial charge in [-0.1, -0.05) is 18.2 Å². The molecule has 0 aliphatic carbocycles. The number of likely N-dealkylation sites (tertiary alicyclic amines) is 1. The van der Waals surface area contributed by atoms with Gasteiger partial charge in [-0.05, 0) is 63.1 Å². The van der Waals surface area contributed by atoms with Gasteiger partial charge in [0.2, 0.25) is 11.8 Å². The standard InChI is InChI=1S/C24H28F3N3O3.ClH/c1-15(16-7-9-17(10-8-16)21(28)31)29-22(32)23(2,3)30-12-11-20(14-30)33-19-6-4-5-18(13-19)24(25,26)27;/h4-10,13,15,20H,11-12,14H2,1-3H3,(H2,28,31)(H,29,32);1H/t15-,20+;/m0./s1. The van der Waals surface area contributed by atoms with Crippen molar-refractivity contribution in [1.29, 1.82) is 0 Å². The van der Waals surface area contributed by atoms with Gasteiger partial charge in [0.1, 0.15) is 11.9 Å². The van der Waals surface area contributed by atoms with Crippen molar-refractivity contribution in [1.82, 2.24) is 10.2 Å². The maximum absolute atomic E-state index is 13.0. The van der Waals surface area contributed by atoms with Crippen LogP contribution in [0.2, 0.25) is 0 Å². The molecule has 6 nitrogen and oxygen atoms in total. The zero-order chi connectivity index (χ0) is 24.4. The summed E-state index contributed by atoms with van der Waals surface area (Å²) >= 11 is 0. The molecular formula is C24H29ClF3N3O3. The first-order valence-corrected chi connectivity index (χ1v) is 10.7. The van der Waals surface area contributed by atoms with Gasteiger partial charge in [0.05, 0.1) is 17.1 Å². The van der Waals surface area contributed by atoms with E-state index in [0.29, 0.717) is 25.1 Å². The van der Waals surface area contributed by atoms with Crippen molar-refractivity contribution in [2.24, 2.45) is 5.73 Å². The molecule has 2 atom stereocenters. The van der Waals surface area contributed by atoms with E-state index in [9.17, 15) is 22.8 Å². The fourth-order valence-electron chi connectivity index (χ4n) is 3.81. The third kappa shape index (κ3) is 6.42. The molecule has 0 unspecified atom stereocenters. The number of hydrogen-bond donors (Lipinski definition) is 2. The summed E-state index contributed by atoms with van der Waals surface area (Å²) in [5.41, 5.74) is 4.87. The number of nitrogens with two attached hydrogens (primary N) is 1. The number of nitrogens with zero attached hydrogens (tertiary/aromatic N) is 1. The van der Waals surface area contributed by atoms with E-state index in [0.717, 1.165) is 17.7 Å². The Balaban J connectivity index is 0.00000408. The van der Waals surface area contributed by atoms with Crippen LogP contribution in [0.5, 0.6) is 5.75 Å². The highest BCUT2D eigenvalue weighted by atomic mass is 35.5. The molecule has 1 heterocycles. The highest BCUT2D eigenvalue weighted by Gasteiger charge is 2.40. The number of benzene rings is 2. The molecule has 2 aromatic carbocycles. The summed E-state index contributed by atoms with van der Waals surface area (Å²) in [4.78, 5) is 26.2. The maximum Gasteiger partial charge on any atom is 0.416 e. The molecule has 3 rings (SSSR count). The van der Waals surface area contributed by atoms with Gasteiger partial charge in [-0.25, -0.2) is 0 Å². The Morgan fingerprint density at radius 3 is 2.38 bits per heavy atom. The van der Waals surface area contributed by atoms with E-state index < -0.39 is 23.2 Å². The first kappa shape index (κ1) is 27.5. The van der Waals surface area contributed by atoms with Crippen molar-refractivity contribution < 1.29 is 27.5 Å². The lowest BCUT2D eigenvalue weighted by molar-refractivity contribution is -0.137. The molecule has 1 aliphatic rings. The molecule has 0 radical (unpaired) electrons. The second kappa shape index (κ2) is 10.7. The SMILES string of the molecule is C[C@H](NC(=O)C(C)(C)N1CC[C@@H](Oc2cccc(C(F)(F)F)c2)C1)c1ccc(C(N)=O)cc1.Cl. The summed E-state index contributed by atoms with van der Waals surface area (Å²) in [6.07, 6.45) is -4.16. The normalized spacial score (nSPS) is 17.5. The Labute approximate surface area is 203 Å². The van der Waals surface area contributed by atoms with E-state index in [-0.39, 0.29) is 36.2 Å². The minimum Gasteiger partial charge on any atom is -0.489 e. The smallest absolute Gasteiger partial charge is 0.416 e. The largest absolute Gasteiger partial charge is 0.489 e. The highest BCUT2D eigenvalue weighted by molar-refractivity contribution is 5.92. The van der Waals surface area contributed by atoms with Gasteiger partial charge in [-0.15, -0.1) is 12.4 Å². The van der Waals surface area contributed by atoms with Crippen LogP contribution in [0.4, 0.5) is 13.2 Å². The molecule has 3 N–H and O–H groups in total. The van der Waals surface area contributed by atoms with E-state index >= 15 is 0 Å². The third-order valence-electron chi connectivity index (χ3n) is 6.00. The molecule has 0 bridgehead atoms. The first-order valence-electron chi connectivity index (χ1n) is 10.7. The fourth-order valence-corrected chi connectivity index (χ4v) is 3.81. The molecule has 0 saturated carbocycles. The summed E-state index contributed by atoms with van der Waals surface area (Å²) in [6, 6.07) is 11.2. The van der Waals surface area contributed by atoms with Crippen molar-refractivity contribution in [3.63, 3.8) is 0 Å². The van der Waals surface area contributed by atoms with Gasteiger partial charge in [0.15, 0.2) is 0 Å². The number of ether oxygens (including phenoxy) is 1. The number of carbonyl (C=O) groups is 2. The van der Waals surface area contributed by atoms with Crippen LogP contribution in [-0.2, 0) is 11.0 Å². The molecular weight excluding hydrogens is 471 g/mol. The lowest BCUT2D eigenvalue weighted by atomic mass is 10.00. The summed E-state index contributed by atoms with van der Waals surface area (Å²) in [6.45, 7) is 6.44. The molecule has 2 aromatic rings. The minimum absolute atomic E-state index is 0. The molecule has 186 valence electrons. The predicted molar refractivity (Wildman–Crippen MR) is 125 cm³/mol. The maximum atomic E-state index is 13.0. The third-order valence-corrected chi connectivity index (χ3v) is 6.00. The van der Waals surface area contributed by atoms with Crippen LogP contribution in [0.3, 0.4) is 0 Å². The molecule has 1 aliphatic heterocycles. The molecule has 1 saturated heterocycles. The van der Waals surface area contributed by atoms with E-state index in [1.807, 2.05) is 11.8 Å². The Bertz CT molecular complexity index is 1010. The van der Waals surface area contributed by atoms with Crippen LogP contribution < -0.4 is 15.8 Å². The average molecular weight is 500 g/mol. The number of carbonyl (C=O) groups excluding carboxylic acids is 2. The van der Waals surface area contributed by atoms with Gasteiger partial charge in [0, 0.05) is 18.7 Å². The van der Waals surface area contributed by atoms with E-state index in [1.54, 1.807) is 38.1 Å². The molecule has 10 heteroatoms. The second-order valence-corrected chi connectivity index (χ2v) is 8.74. The van der Waals surface area contributed by atoms with Gasteiger partial charge in [0.25, 0.3) is 0 Å². The number of rotatable bonds is 7. The van der Waals surface area contributed by atoms with Crippen LogP contribution >= 0.6 is 12.4 Å². The lowest BCUT2D eigenvalue weighted by Crippen LogP contribution is -2.54. The fraction of sp³-hybridized carbons (Fsp3) is 0.417. The van der Waals surface area contributed by atoms with E-state index in [4.69, 9.17) is 10.5 Å². The predicted octanol–water partition coefficient (Wildman–Crippen LogP) is 4.34. The zero-order valence-electron chi connectivity index (χ0n) is 19.2. The number of amides is 2. The molecule has 34 heavy (non-hydrogen) atoms. The lowest BCUT2D eigenvalue weighted by Gasteiger charge is -2.35. The quantitative estimate of drug-likeness (QED) is 0.593. The van der Waals surface area contributed by atoms with E-state index in [1.165, 1.54) is 12.1 Å². The van der Waals surface area contributed by atoms with Crippen molar-refractivity contribution in [2.75, 3.05) is 13.1 Å². The van der Waals surface area contributed by atoms with Crippen molar-refractivity contribution in [3.8, 4) is 5.75 Å². The van der Waals surface area contributed by atoms with E-state index in [2.05, 4.69) is 5.32 Å². The van der Waals surface area contributed by atoms with Gasteiger partial charge < -0.3 is 15.8 Å². The summed E-state index contributed by atoms with van der Waals surface area (Å²) in [7, 11) is 0. The minimum atomic E-state index is -4.43. The van der Waals surface area contributed by atoms with Gasteiger partial charge in [-0.2, -0.15) is 13.2 Å². The number of hydrogen-bond acceptors (Lipinski definition) is 4. The summed E-state index contributed by atoms with van der Waals surface area (Å²) in [5, 5.41) is 2.99. The molecule has 0 spiro atoms. The number of halogens is 4. The van der Waals surface area contributed by atoms with Crippen LogP contribution in [0.1, 0.15) is 54.7 Å². The van der Waals surface area contributed by atoms with Crippen molar-refractivity contribution in [2.45, 2.75) is 51.1 Å². The molecule has 0 aromatic heterocycles. The van der Waals surface area contributed by atoms with Gasteiger partial charge in [-0.3, -0.25) is 14.5 Å². The Hall–Kier alpha value is -2.78. The first-order chi connectivity index (χ1) is 15.4. The topological polar surface area (TPSA) is 84.7 Å². The molecule has 1 fully saturated rings. The van der Waals surface area contributed by atoms with Crippen molar-refractivity contribution >= 4 is 24.2 Å². The number of alkyl halides is 3. The Morgan fingerprint density at radius 2 is 1.79 bits per heavy atom. The van der Waals surface area contributed by atoms with Crippen LogP contribution in [0, 0.1) is 0 Å². The van der Waals surface area contributed by atoms with Crippen LogP contribution in [-0.4, -0.2) is 41.4 Å². The van der Waals surface area contributed by atoms with Gasteiger partial charge >= 0.3 is 6.18 Å². The van der Waals surface area contributed by atoms with Crippen molar-refractivity contribution in [3.05, 3.63) is 65.2 Å². The molecule has 2 amide bonds. The summed E-state index contributed by atoms with van der Waals surface area (Å²) < 4.78 is 44.6. The van der Waals surface area contributed by atoms with Crippen LogP contribution in [0.25, 0.3) is 0 Å². The zero-order valence-corrected chi connectivity index (χ0v) is 20.0. The van der Waals surface area contributed by atoms with Crippen LogP contribution in [0.15, 0.2) is 48.5 Å². The Kier molecular flexibility index (Phi) is 8.60. The number of primary amides is 1. The average Bonchev–Trinajstić information content (AvgIpc) is 3.22. The second-order valence-electron chi connectivity index (χ2n) is 8.74. The summed E-state index contributed by atoms with van der Waals surface area (Å²) in [5.74, 6) is -0.545. The number of nitrogens with one attached hydrogen (secondary N) is 1. The Morgan fingerprint density at radius 1 is 1.15 bits per heavy atom. The monoisotopic (exact) mass is 499 g/mol. The highest BCUT2D eigenvalue weighted by Crippen LogP contribution is 2.32.